The van der Waals surface area contributed by atoms with Gasteiger partial charge in [0.15, 0.2) is 0 Å². The fraction of sp³-hybridized carbons (Fsp3) is 0.889. The maximum atomic E-state index is 10.8. The Morgan fingerprint density at radius 3 is 2.45 bits per heavy atom. The third-order valence-electron chi connectivity index (χ3n) is 1.66. The number of carbonyl (C=O) groups is 1. The lowest BCUT2D eigenvalue weighted by Gasteiger charge is -2.14. The first-order valence-electron chi connectivity index (χ1n) is 4.43. The van der Waals surface area contributed by atoms with Gasteiger partial charge in [0.25, 0.3) is 0 Å². The van der Waals surface area contributed by atoms with Crippen molar-refractivity contribution in [2.45, 2.75) is 46.1 Å². The maximum Gasteiger partial charge on any atom is 0.131 e. The van der Waals surface area contributed by atoms with Crippen LogP contribution >= 0.6 is 0 Å². The summed E-state index contributed by atoms with van der Waals surface area (Å²) in [6.45, 7) is 6.82. The molecule has 0 aromatic carbocycles. The molecular formula is C9H19NO. The van der Waals surface area contributed by atoms with Crippen LogP contribution in [0.5, 0.6) is 0 Å². The molecule has 2 heteroatoms. The molecule has 0 bridgehead atoms. The fourth-order valence-electron chi connectivity index (χ4n) is 1.26. The van der Waals surface area contributed by atoms with E-state index in [1.165, 1.54) is 0 Å². The van der Waals surface area contributed by atoms with Gasteiger partial charge in [-0.25, -0.2) is 0 Å². The number of hydrogen-bond acceptors (Lipinski definition) is 2. The van der Waals surface area contributed by atoms with Gasteiger partial charge in [-0.15, -0.1) is 0 Å². The quantitative estimate of drug-likeness (QED) is 0.636. The molecule has 0 aliphatic carbocycles. The Morgan fingerprint density at radius 2 is 2.09 bits per heavy atom. The van der Waals surface area contributed by atoms with Gasteiger partial charge in [-0.2, -0.15) is 0 Å². The van der Waals surface area contributed by atoms with E-state index < -0.39 is 0 Å². The molecule has 0 aromatic heterocycles. The second-order valence-electron chi connectivity index (χ2n) is 2.95. The Labute approximate surface area is 69.4 Å². The second kappa shape index (κ2) is 6.35. The molecule has 0 saturated carbocycles. The molecule has 0 aliphatic heterocycles. The summed E-state index contributed by atoms with van der Waals surface area (Å²) in [6, 6.07) is 0.405. The molecule has 0 fully saturated rings. The Balaban J connectivity index is 3.59. The van der Waals surface area contributed by atoms with Crippen molar-refractivity contribution in [2.24, 2.45) is 0 Å². The molecule has 0 aliphatic rings. The van der Waals surface area contributed by atoms with Gasteiger partial charge < -0.3 is 5.32 Å². The normalized spacial score (nSPS) is 13.0. The van der Waals surface area contributed by atoms with Crippen molar-refractivity contribution in [1.29, 1.82) is 0 Å². The smallest absolute Gasteiger partial charge is 0.131 e. The second-order valence-corrected chi connectivity index (χ2v) is 2.95. The van der Waals surface area contributed by atoms with Crippen LogP contribution in [-0.4, -0.2) is 18.4 Å². The highest BCUT2D eigenvalue weighted by molar-refractivity contribution is 5.76. The zero-order valence-corrected chi connectivity index (χ0v) is 7.81. The summed E-state index contributed by atoms with van der Waals surface area (Å²) in [6.07, 6.45) is 2.93. The predicted molar refractivity (Wildman–Crippen MR) is 47.7 cm³/mol. The molecule has 0 rings (SSSR count). The predicted octanol–water partition coefficient (Wildman–Crippen LogP) is 1.74. The molecule has 2 nitrogen and oxygen atoms in total. The number of nitrogens with one attached hydrogen (secondary N) is 1. The van der Waals surface area contributed by atoms with Crippen molar-refractivity contribution in [3.63, 3.8) is 0 Å². The van der Waals surface area contributed by atoms with E-state index in [0.29, 0.717) is 12.5 Å². The molecule has 11 heavy (non-hydrogen) atoms. The highest BCUT2D eigenvalue weighted by atomic mass is 16.1. The maximum absolute atomic E-state index is 10.8. The Morgan fingerprint density at radius 1 is 1.45 bits per heavy atom. The van der Waals surface area contributed by atoms with Gasteiger partial charge in [-0.1, -0.05) is 20.3 Å². The van der Waals surface area contributed by atoms with E-state index in [0.717, 1.165) is 19.4 Å². The average Bonchev–Trinajstić information content (AvgIpc) is 1.87. The van der Waals surface area contributed by atoms with Crippen LogP contribution in [0.2, 0.25) is 0 Å². The van der Waals surface area contributed by atoms with Gasteiger partial charge in [0, 0.05) is 12.5 Å². The lowest BCUT2D eigenvalue weighted by molar-refractivity contribution is -0.117. The van der Waals surface area contributed by atoms with Crippen LogP contribution in [0, 0.1) is 0 Å². The third-order valence-corrected chi connectivity index (χ3v) is 1.66. The topological polar surface area (TPSA) is 29.1 Å². The molecule has 1 atom stereocenters. The minimum absolute atomic E-state index is 0.282. The molecular weight excluding hydrogens is 138 g/mol. The lowest BCUT2D eigenvalue weighted by atomic mass is 10.1. The molecule has 0 spiro atoms. The zero-order valence-electron chi connectivity index (χ0n) is 7.81. The molecule has 0 heterocycles. The van der Waals surface area contributed by atoms with Crippen molar-refractivity contribution in [2.75, 3.05) is 6.54 Å². The summed E-state index contributed by atoms with van der Waals surface area (Å²) in [7, 11) is 0. The van der Waals surface area contributed by atoms with E-state index in [9.17, 15) is 4.79 Å². The van der Waals surface area contributed by atoms with Gasteiger partial charge >= 0.3 is 0 Å². The van der Waals surface area contributed by atoms with Gasteiger partial charge in [0.05, 0.1) is 0 Å². The molecule has 66 valence electrons. The van der Waals surface area contributed by atoms with E-state index in [1.54, 1.807) is 6.92 Å². The Kier molecular flexibility index (Phi) is 6.13. The highest BCUT2D eigenvalue weighted by Gasteiger charge is 2.07. The standard InChI is InChI=1S/C9H19NO/c1-4-6-9(10-5-2)7-8(3)11/h9-10H,4-7H2,1-3H3. The zero-order chi connectivity index (χ0) is 8.69. The number of carbonyl (C=O) groups excluding carboxylic acids is 1. The van der Waals surface area contributed by atoms with Crippen LogP contribution in [0.4, 0.5) is 0 Å². The summed E-state index contributed by atoms with van der Waals surface area (Å²) in [5.74, 6) is 0.282. The molecule has 0 radical (unpaired) electrons. The van der Waals surface area contributed by atoms with Crippen LogP contribution in [0.3, 0.4) is 0 Å². The highest BCUT2D eigenvalue weighted by Crippen LogP contribution is 2.01. The van der Waals surface area contributed by atoms with E-state index in [2.05, 4.69) is 19.2 Å². The van der Waals surface area contributed by atoms with E-state index in [1.807, 2.05) is 0 Å². The minimum Gasteiger partial charge on any atom is -0.314 e. The molecule has 1 N–H and O–H groups in total. The fourth-order valence-corrected chi connectivity index (χ4v) is 1.26. The first kappa shape index (κ1) is 10.6. The average molecular weight is 157 g/mol. The van der Waals surface area contributed by atoms with Crippen LogP contribution in [0.1, 0.15) is 40.0 Å². The van der Waals surface area contributed by atoms with Gasteiger partial charge in [-0.3, -0.25) is 4.79 Å². The first-order chi connectivity index (χ1) is 5.20. The molecule has 1 unspecified atom stereocenters. The number of rotatable bonds is 6. The number of Topliss-reactive ketones (excluding diaryl/α,β-unsaturated/α-hetero) is 1. The van der Waals surface area contributed by atoms with Gasteiger partial charge in [0.1, 0.15) is 5.78 Å². The third kappa shape index (κ3) is 6.05. The summed E-state index contributed by atoms with van der Waals surface area (Å²) >= 11 is 0. The van der Waals surface area contributed by atoms with Crippen molar-refractivity contribution in [3.8, 4) is 0 Å². The van der Waals surface area contributed by atoms with E-state index in [4.69, 9.17) is 0 Å². The first-order valence-corrected chi connectivity index (χ1v) is 4.43. The van der Waals surface area contributed by atoms with E-state index >= 15 is 0 Å². The van der Waals surface area contributed by atoms with Crippen molar-refractivity contribution >= 4 is 5.78 Å². The molecule has 0 aromatic rings. The largest absolute Gasteiger partial charge is 0.314 e. The van der Waals surface area contributed by atoms with Gasteiger partial charge in [-0.05, 0) is 19.9 Å². The van der Waals surface area contributed by atoms with Crippen molar-refractivity contribution in [3.05, 3.63) is 0 Å². The summed E-state index contributed by atoms with van der Waals surface area (Å²) in [4.78, 5) is 10.8. The summed E-state index contributed by atoms with van der Waals surface area (Å²) in [5.41, 5.74) is 0. The SMILES string of the molecule is CCCC(CC(C)=O)NCC. The van der Waals surface area contributed by atoms with E-state index in [-0.39, 0.29) is 5.78 Å². The number of ketones is 1. The molecule has 0 amide bonds. The minimum atomic E-state index is 0.282. The Bertz CT molecular complexity index is 106. The summed E-state index contributed by atoms with van der Waals surface area (Å²) < 4.78 is 0. The van der Waals surface area contributed by atoms with Gasteiger partial charge in [0.2, 0.25) is 0 Å². The van der Waals surface area contributed by atoms with Crippen LogP contribution in [0.25, 0.3) is 0 Å². The van der Waals surface area contributed by atoms with Crippen LogP contribution in [0.15, 0.2) is 0 Å². The van der Waals surface area contributed by atoms with Crippen LogP contribution in [-0.2, 0) is 4.79 Å². The Hall–Kier alpha value is -0.370. The monoisotopic (exact) mass is 157 g/mol. The van der Waals surface area contributed by atoms with Crippen LogP contribution < -0.4 is 5.32 Å². The lowest BCUT2D eigenvalue weighted by Crippen LogP contribution is -2.30. The summed E-state index contributed by atoms with van der Waals surface area (Å²) in [5, 5.41) is 3.29. The molecule has 0 saturated heterocycles. The number of hydrogen-bond donors (Lipinski definition) is 1. The van der Waals surface area contributed by atoms with Crippen molar-refractivity contribution in [1.82, 2.24) is 5.32 Å². The van der Waals surface area contributed by atoms with Crippen molar-refractivity contribution < 1.29 is 4.79 Å².